The first-order valence-electron chi connectivity index (χ1n) is 6.18. The number of carbonyl (C=O) groups excluding carboxylic acids is 1. The molecule has 0 bridgehead atoms. The van der Waals surface area contributed by atoms with Gasteiger partial charge in [0.2, 0.25) is 0 Å². The Morgan fingerprint density at radius 1 is 1.19 bits per heavy atom. The Bertz CT molecular complexity index is 749. The lowest BCUT2D eigenvalue weighted by molar-refractivity contribution is 0.1000. The highest BCUT2D eigenvalue weighted by Gasteiger charge is 2.24. The van der Waals surface area contributed by atoms with E-state index in [1.165, 1.54) is 36.4 Å². The van der Waals surface area contributed by atoms with Crippen LogP contribution in [-0.2, 0) is 0 Å². The molecule has 1 heterocycles. The molecule has 1 aliphatic rings. The molecule has 0 saturated heterocycles. The van der Waals surface area contributed by atoms with Gasteiger partial charge in [0.25, 0.3) is 0 Å². The molecule has 2 aromatic carbocycles. The van der Waals surface area contributed by atoms with Gasteiger partial charge >= 0.3 is 0 Å². The van der Waals surface area contributed by atoms with Gasteiger partial charge < -0.3 is 4.74 Å². The van der Waals surface area contributed by atoms with Gasteiger partial charge in [-0.2, -0.15) is 0 Å². The van der Waals surface area contributed by atoms with Crippen LogP contribution in [0.5, 0.6) is 5.75 Å². The van der Waals surface area contributed by atoms with Crippen LogP contribution in [0.4, 0.5) is 8.78 Å². The summed E-state index contributed by atoms with van der Waals surface area (Å²) in [5, 5.41) is 0.195. The molecule has 0 aromatic heterocycles. The number of carbonyl (C=O) groups is 1. The third-order valence-corrected chi connectivity index (χ3v) is 3.51. The quantitative estimate of drug-likeness (QED) is 0.735. The zero-order valence-corrected chi connectivity index (χ0v) is 11.5. The van der Waals surface area contributed by atoms with Crippen LogP contribution in [0.1, 0.15) is 15.9 Å². The lowest BCUT2D eigenvalue weighted by Gasteiger charge is -2.19. The predicted molar refractivity (Wildman–Crippen MR) is 75.6 cm³/mol. The smallest absolute Gasteiger partial charge is 0.196 e. The molecule has 0 N–H and O–H groups in total. The number of rotatable bonds is 1. The second kappa shape index (κ2) is 5.30. The van der Waals surface area contributed by atoms with E-state index in [-0.39, 0.29) is 28.3 Å². The Morgan fingerprint density at radius 3 is 2.76 bits per heavy atom. The highest BCUT2D eigenvalue weighted by molar-refractivity contribution is 6.32. The minimum atomic E-state index is -0.534. The number of hydrogen-bond donors (Lipinski definition) is 0. The number of benzene rings is 2. The van der Waals surface area contributed by atoms with Crippen molar-refractivity contribution in [1.29, 1.82) is 0 Å². The predicted octanol–water partition coefficient (Wildman–Crippen LogP) is 4.28. The van der Waals surface area contributed by atoms with E-state index in [0.717, 1.165) is 6.07 Å². The molecule has 0 saturated carbocycles. The van der Waals surface area contributed by atoms with Crippen LogP contribution in [0, 0.1) is 11.6 Å². The van der Waals surface area contributed by atoms with Crippen LogP contribution in [-0.4, -0.2) is 12.4 Å². The van der Waals surface area contributed by atoms with Gasteiger partial charge in [0.15, 0.2) is 5.78 Å². The summed E-state index contributed by atoms with van der Waals surface area (Å²) in [5.74, 6) is -1.14. The van der Waals surface area contributed by atoms with Gasteiger partial charge in [-0.15, -0.1) is 0 Å². The molecule has 5 heteroatoms. The van der Waals surface area contributed by atoms with Crippen LogP contribution < -0.4 is 4.74 Å². The fourth-order valence-electron chi connectivity index (χ4n) is 2.13. The Morgan fingerprint density at radius 2 is 2.00 bits per heavy atom. The monoisotopic (exact) mass is 306 g/mol. The second-order valence-electron chi connectivity index (χ2n) is 4.56. The van der Waals surface area contributed by atoms with Crippen LogP contribution in [0.2, 0.25) is 5.02 Å². The molecule has 2 aromatic rings. The number of fused-ring (bicyclic) bond motifs is 1. The molecule has 0 aliphatic carbocycles. The summed E-state index contributed by atoms with van der Waals surface area (Å²) in [4.78, 5) is 12.3. The lowest BCUT2D eigenvalue weighted by atomic mass is 9.98. The molecule has 2 nitrogen and oxygen atoms in total. The van der Waals surface area contributed by atoms with E-state index in [9.17, 15) is 13.6 Å². The van der Waals surface area contributed by atoms with Crippen molar-refractivity contribution in [2.45, 2.75) is 0 Å². The molecular formula is C16H9ClF2O2. The van der Waals surface area contributed by atoms with E-state index in [2.05, 4.69) is 0 Å². The summed E-state index contributed by atoms with van der Waals surface area (Å²) >= 11 is 5.93. The Kier molecular flexibility index (Phi) is 3.47. The molecule has 0 unspecified atom stereocenters. The molecule has 106 valence electrons. The van der Waals surface area contributed by atoms with E-state index >= 15 is 0 Å². The van der Waals surface area contributed by atoms with Crippen LogP contribution in [0.25, 0.3) is 6.08 Å². The van der Waals surface area contributed by atoms with Crippen LogP contribution >= 0.6 is 11.6 Å². The third-order valence-electron chi connectivity index (χ3n) is 3.18. The van der Waals surface area contributed by atoms with E-state index in [4.69, 9.17) is 16.3 Å². The molecule has 0 radical (unpaired) electrons. The highest BCUT2D eigenvalue weighted by Crippen LogP contribution is 2.30. The van der Waals surface area contributed by atoms with E-state index in [0.29, 0.717) is 5.75 Å². The van der Waals surface area contributed by atoms with Crippen molar-refractivity contribution in [1.82, 2.24) is 0 Å². The largest absolute Gasteiger partial charge is 0.488 e. The average molecular weight is 307 g/mol. The summed E-state index contributed by atoms with van der Waals surface area (Å²) < 4.78 is 32.4. The maximum absolute atomic E-state index is 13.8. The Labute approximate surface area is 124 Å². The number of halogens is 3. The van der Waals surface area contributed by atoms with Crippen molar-refractivity contribution >= 4 is 23.5 Å². The van der Waals surface area contributed by atoms with Gasteiger partial charge in [0.1, 0.15) is 24.0 Å². The van der Waals surface area contributed by atoms with Gasteiger partial charge in [-0.1, -0.05) is 17.7 Å². The fourth-order valence-corrected chi connectivity index (χ4v) is 2.35. The third kappa shape index (κ3) is 2.54. The summed E-state index contributed by atoms with van der Waals surface area (Å²) in [5.41, 5.74) is 0.464. The molecule has 0 amide bonds. The molecule has 0 fully saturated rings. The number of hydrogen-bond acceptors (Lipinski definition) is 2. The standard InChI is InChI=1S/C16H9ClF2O2/c17-13-2-1-3-14(19)11(13)6-9-8-21-15-5-4-10(18)7-12(15)16(9)20/h1-7H,8H2/b9-6+. The summed E-state index contributed by atoms with van der Waals surface area (Å²) in [7, 11) is 0. The van der Waals surface area contributed by atoms with Crippen molar-refractivity contribution in [2.24, 2.45) is 0 Å². The minimum Gasteiger partial charge on any atom is -0.488 e. The normalized spacial score (nSPS) is 15.8. The Hall–Kier alpha value is -2.20. The topological polar surface area (TPSA) is 26.3 Å². The summed E-state index contributed by atoms with van der Waals surface area (Å²) in [6.07, 6.45) is 1.34. The maximum Gasteiger partial charge on any atom is 0.196 e. The van der Waals surface area contributed by atoms with Crippen molar-refractivity contribution in [3.8, 4) is 5.75 Å². The van der Waals surface area contributed by atoms with Gasteiger partial charge in [-0.25, -0.2) is 8.78 Å². The van der Waals surface area contributed by atoms with Gasteiger partial charge in [-0.3, -0.25) is 4.79 Å². The molecular weight excluding hydrogens is 298 g/mol. The van der Waals surface area contributed by atoms with Crippen LogP contribution in [0.15, 0.2) is 42.0 Å². The minimum absolute atomic E-state index is 0.0118. The fraction of sp³-hybridized carbons (Fsp3) is 0.0625. The molecule has 1 aliphatic heterocycles. The second-order valence-corrected chi connectivity index (χ2v) is 4.97. The molecule has 0 spiro atoms. The first-order chi connectivity index (χ1) is 10.1. The molecule has 21 heavy (non-hydrogen) atoms. The van der Waals surface area contributed by atoms with Crippen molar-refractivity contribution in [3.05, 3.63) is 69.8 Å². The molecule has 3 rings (SSSR count). The zero-order valence-electron chi connectivity index (χ0n) is 10.7. The van der Waals surface area contributed by atoms with E-state index in [1.54, 1.807) is 0 Å². The summed E-state index contributed by atoms with van der Waals surface area (Å²) in [6.45, 7) is -0.0118. The first kappa shape index (κ1) is 13.8. The van der Waals surface area contributed by atoms with Crippen molar-refractivity contribution in [3.63, 3.8) is 0 Å². The number of Topliss-reactive ketones (excluding diaryl/α,β-unsaturated/α-hetero) is 1. The lowest BCUT2D eigenvalue weighted by Crippen LogP contribution is -2.19. The maximum atomic E-state index is 13.8. The summed E-state index contributed by atoms with van der Waals surface area (Å²) in [6, 6.07) is 7.97. The van der Waals surface area contributed by atoms with Gasteiger partial charge in [-0.05, 0) is 36.4 Å². The van der Waals surface area contributed by atoms with E-state index in [1.807, 2.05) is 0 Å². The average Bonchev–Trinajstić information content (AvgIpc) is 2.46. The Balaban J connectivity index is 2.06. The number of ketones is 1. The zero-order chi connectivity index (χ0) is 15.0. The van der Waals surface area contributed by atoms with Crippen LogP contribution in [0.3, 0.4) is 0 Å². The van der Waals surface area contributed by atoms with Gasteiger partial charge in [0.05, 0.1) is 10.6 Å². The first-order valence-corrected chi connectivity index (χ1v) is 6.55. The highest BCUT2D eigenvalue weighted by atomic mass is 35.5. The van der Waals surface area contributed by atoms with E-state index < -0.39 is 17.4 Å². The molecule has 0 atom stereocenters. The number of ether oxygens (including phenoxy) is 1. The SMILES string of the molecule is O=C1/C(=C/c2c(F)cccc2Cl)COc2ccc(F)cc21. The van der Waals surface area contributed by atoms with Gasteiger partial charge in [0, 0.05) is 11.1 Å². The van der Waals surface area contributed by atoms with Crippen molar-refractivity contribution < 1.29 is 18.3 Å². The van der Waals surface area contributed by atoms with Crippen molar-refractivity contribution in [2.75, 3.05) is 6.61 Å².